The molecule has 0 spiro atoms. The maximum Gasteiger partial charge on any atom is 0.314 e. The standard InChI is InChI=1S/C56H50N4O14S4/c61-29-72-33-19-27-60(28-20-33)43-12-8-39(78-43)47-49(63)46(52(66)53(47)67)38-7-11-42(77-38)59-25-17-32(18-26-59)56(71)74-35-3-1-34(2-4-35)73-55(70)31-15-23-58(24-16-31)41-10-6-37(76-41)45-48(62)44(50(64)51(45)65)36-5-9-40(75-36)57-21-13-30(14-22-57)54(68)69/h1-12,29-33H,13-28H2,(H-2,62,63,64,65,66,67,68,69). The zero-order valence-electron chi connectivity index (χ0n) is 41.8. The van der Waals surface area contributed by atoms with E-state index in [9.17, 15) is 53.7 Å². The van der Waals surface area contributed by atoms with Gasteiger partial charge in [-0.3, -0.25) is 38.4 Å². The number of hydrogen-bond donors (Lipinski definition) is 1. The monoisotopic (exact) mass is 1130 g/mol. The van der Waals surface area contributed by atoms with Crippen LogP contribution in [0.4, 0.5) is 10.0 Å². The van der Waals surface area contributed by atoms with Crippen LogP contribution in [0.2, 0.25) is 0 Å². The molecule has 0 amide bonds. The lowest BCUT2D eigenvalue weighted by molar-refractivity contribution is -0.538. The van der Waals surface area contributed by atoms with Gasteiger partial charge >= 0.3 is 17.9 Å². The third-order valence-electron chi connectivity index (χ3n) is 15.3. The minimum Gasteiger partial charge on any atom is -0.871 e. The highest BCUT2D eigenvalue weighted by Crippen LogP contribution is 2.44. The van der Waals surface area contributed by atoms with Crippen LogP contribution < -0.4 is 29.5 Å². The average Bonchev–Trinajstić information content (AvgIpc) is 4.50. The van der Waals surface area contributed by atoms with Crippen LogP contribution in [-0.4, -0.2) is 130 Å². The zero-order valence-corrected chi connectivity index (χ0v) is 45.1. The summed E-state index contributed by atoms with van der Waals surface area (Å²) in [7, 11) is 0. The van der Waals surface area contributed by atoms with Crippen LogP contribution in [0.5, 0.6) is 11.5 Å². The molecule has 1 N–H and O–H groups in total. The molecule has 78 heavy (non-hydrogen) atoms. The number of rotatable bonds is 11. The molecule has 18 nitrogen and oxygen atoms in total. The molecule has 0 atom stereocenters. The Hall–Kier alpha value is -7.14. The number of nitrogens with zero attached hydrogens (tertiary/aromatic N) is 4. The van der Waals surface area contributed by atoms with Crippen molar-refractivity contribution < 1.29 is 77.0 Å². The number of piperidine rings is 4. The fourth-order valence-electron chi connectivity index (χ4n) is 10.8. The third-order valence-corrected chi connectivity index (χ3v) is 19.9. The number of aliphatic carboxylic acids is 1. The van der Waals surface area contributed by atoms with Gasteiger partial charge in [-0.2, -0.15) is 0 Å². The first-order valence-corrected chi connectivity index (χ1v) is 29.0. The van der Waals surface area contributed by atoms with E-state index in [-0.39, 0.29) is 46.2 Å². The average molecular weight is 1130 g/mol. The second kappa shape index (κ2) is 22.3. The largest absolute Gasteiger partial charge is 0.871 e. The summed E-state index contributed by atoms with van der Waals surface area (Å²) in [6.07, 6.45) is 11.2. The number of Topliss-reactive ketones (excluding diaryl/α,β-unsaturated/α-hetero) is 4. The van der Waals surface area contributed by atoms with E-state index in [0.717, 1.165) is 20.1 Å². The van der Waals surface area contributed by atoms with E-state index < -0.39 is 52.5 Å². The number of benzene rings is 1. The number of allylic oxidation sites excluding steroid dienone is 6. The number of carboxylic acids is 1. The number of carbonyl (C=O) groups is 8. The summed E-state index contributed by atoms with van der Waals surface area (Å²) in [6.45, 7) is 4.92. The lowest BCUT2D eigenvalue weighted by Gasteiger charge is -2.31. The summed E-state index contributed by atoms with van der Waals surface area (Å²) in [5, 5.41) is 40.0. The van der Waals surface area contributed by atoms with Crippen LogP contribution in [0.25, 0.3) is 11.1 Å². The Bertz CT molecular complexity index is 3340. The molecule has 1 aromatic carbocycles. The molecule has 11 rings (SSSR count). The number of hydrogen-bond acceptors (Lipinski definition) is 19. The van der Waals surface area contributed by atoms with Crippen molar-refractivity contribution in [1.29, 1.82) is 0 Å². The molecule has 0 saturated carbocycles. The first kappa shape index (κ1) is 52.9. The van der Waals surface area contributed by atoms with E-state index in [1.165, 1.54) is 46.2 Å². The fraction of sp³-hybridized carbons (Fsp3) is 0.357. The highest BCUT2D eigenvalue weighted by Gasteiger charge is 2.40. The molecular formula is C56H50N4O14S4. The van der Waals surface area contributed by atoms with Crippen LogP contribution in [-0.2, 0) is 43.1 Å². The number of thiophene rings is 2. The molecule has 0 radical (unpaired) electrons. The summed E-state index contributed by atoms with van der Waals surface area (Å²) in [5.74, 6) is -6.65. The summed E-state index contributed by atoms with van der Waals surface area (Å²) in [4.78, 5) is 108. The van der Waals surface area contributed by atoms with Crippen LogP contribution in [0, 0.1) is 17.8 Å². The van der Waals surface area contributed by atoms with Gasteiger partial charge in [0.15, 0.2) is 0 Å². The van der Waals surface area contributed by atoms with Crippen molar-refractivity contribution in [2.75, 3.05) is 62.2 Å². The molecule has 4 saturated heterocycles. The van der Waals surface area contributed by atoms with E-state index in [2.05, 4.69) is 14.4 Å². The maximum absolute atomic E-state index is 13.7. The molecule has 4 fully saturated rings. The Labute approximate surface area is 463 Å². The smallest absolute Gasteiger partial charge is 0.314 e. The second-order valence-electron chi connectivity index (χ2n) is 19.9. The molecular weight excluding hydrogens is 1080 g/mol. The van der Waals surface area contributed by atoms with Crippen LogP contribution in [0.1, 0.15) is 61.1 Å². The Morgan fingerprint density at radius 3 is 1.33 bits per heavy atom. The van der Waals surface area contributed by atoms with Gasteiger partial charge in [-0.15, -0.1) is 22.7 Å². The van der Waals surface area contributed by atoms with Crippen molar-refractivity contribution in [3.63, 3.8) is 0 Å². The molecule has 6 aliphatic heterocycles. The summed E-state index contributed by atoms with van der Waals surface area (Å²) < 4.78 is 20.7. The highest BCUT2D eigenvalue weighted by atomic mass is 32.2. The SMILES string of the molecule is O=COC1CC[N+](=C2C=C/C(=C3/C(=O)C(=O)C(c4ccc(N5CCC(C(=O)Oc6ccc(OC(=O)C7CCN(c8ccc(C9=C([O-])/C(=C%10\C=CC(=[N+]%11CCC(C(=O)O)CC%11)S%10)C(=O)C9=O)s8)CC7)cc6)CC5)s4)=C3[O-])S2)CC1. The van der Waals surface area contributed by atoms with Crippen LogP contribution in [0.3, 0.4) is 0 Å². The lowest BCUT2D eigenvalue weighted by atomic mass is 9.97. The van der Waals surface area contributed by atoms with Crippen molar-refractivity contribution in [1.82, 2.24) is 0 Å². The third kappa shape index (κ3) is 10.5. The lowest BCUT2D eigenvalue weighted by Crippen LogP contribution is -2.37. The Balaban J connectivity index is 0.635. The molecule has 22 heteroatoms. The minimum absolute atomic E-state index is 0.118. The van der Waals surface area contributed by atoms with Crippen molar-refractivity contribution in [3.05, 3.63) is 115 Å². The topological polar surface area (TPSA) is 243 Å². The number of carboxylic acid groups (broad SMARTS) is 1. The zero-order chi connectivity index (χ0) is 54.4. The second-order valence-corrected chi connectivity index (χ2v) is 24.1. The molecule has 0 bridgehead atoms. The predicted octanol–water partition coefficient (Wildman–Crippen LogP) is 4.67. The van der Waals surface area contributed by atoms with E-state index in [0.29, 0.717) is 141 Å². The van der Waals surface area contributed by atoms with Crippen molar-refractivity contribution in [2.45, 2.75) is 57.5 Å². The molecule has 0 unspecified atom stereocenters. The van der Waals surface area contributed by atoms with Crippen molar-refractivity contribution in [2.24, 2.45) is 17.8 Å². The maximum atomic E-state index is 13.7. The molecule has 3 aromatic rings. The summed E-state index contributed by atoms with van der Waals surface area (Å²) in [6, 6.07) is 13.3. The summed E-state index contributed by atoms with van der Waals surface area (Å²) in [5.41, 5.74) is -0.538. The minimum atomic E-state index is -0.838. The fourth-order valence-corrected chi connectivity index (χ4v) is 15.2. The van der Waals surface area contributed by atoms with Gasteiger partial charge < -0.3 is 39.3 Å². The van der Waals surface area contributed by atoms with Crippen LogP contribution in [0.15, 0.2) is 105 Å². The number of carbonyl (C=O) groups excluding carboxylic acids is 7. The Morgan fingerprint density at radius 1 is 0.538 bits per heavy atom. The van der Waals surface area contributed by atoms with Gasteiger partial charge in [0.25, 0.3) is 6.47 Å². The van der Waals surface area contributed by atoms with Gasteiger partial charge in [0, 0.05) is 106 Å². The molecule has 8 heterocycles. The number of esters is 2. The van der Waals surface area contributed by atoms with Gasteiger partial charge in [-0.1, -0.05) is 11.5 Å². The van der Waals surface area contributed by atoms with E-state index >= 15 is 0 Å². The normalized spacial score (nSPS) is 24.5. The van der Waals surface area contributed by atoms with Gasteiger partial charge in [-0.25, -0.2) is 9.15 Å². The number of ketones is 4. The highest BCUT2D eigenvalue weighted by molar-refractivity contribution is 8.18. The predicted molar refractivity (Wildman–Crippen MR) is 288 cm³/mol. The summed E-state index contributed by atoms with van der Waals surface area (Å²) >= 11 is 5.03. The van der Waals surface area contributed by atoms with E-state index in [1.54, 1.807) is 54.6 Å². The van der Waals surface area contributed by atoms with E-state index in [1.807, 2.05) is 22.8 Å². The Morgan fingerprint density at radius 2 is 0.936 bits per heavy atom. The van der Waals surface area contributed by atoms with Crippen molar-refractivity contribution >= 4 is 125 Å². The molecule has 8 aliphatic rings. The van der Waals surface area contributed by atoms with Gasteiger partial charge in [0.1, 0.15) is 43.8 Å². The molecule has 2 aromatic heterocycles. The quantitative estimate of drug-likeness (QED) is 0.0685. The first-order valence-electron chi connectivity index (χ1n) is 25.7. The van der Waals surface area contributed by atoms with Crippen molar-refractivity contribution in [3.8, 4) is 11.5 Å². The molecule has 2 aliphatic carbocycles. The Kier molecular flexibility index (Phi) is 15.1. The molecule has 402 valence electrons. The first-order chi connectivity index (χ1) is 37.7. The number of ether oxygens (including phenoxy) is 3. The number of anilines is 2. The van der Waals surface area contributed by atoms with Gasteiger partial charge in [-0.05, 0) is 110 Å². The van der Waals surface area contributed by atoms with Gasteiger partial charge in [0.05, 0.1) is 27.8 Å². The van der Waals surface area contributed by atoms with E-state index in [4.69, 9.17) is 14.2 Å². The number of thioether (sulfide) groups is 2. The van der Waals surface area contributed by atoms with Crippen LogP contribution >= 0.6 is 46.2 Å². The van der Waals surface area contributed by atoms with Gasteiger partial charge in [0.2, 0.25) is 33.2 Å².